The highest BCUT2D eigenvalue weighted by Crippen LogP contribution is 2.38. The third-order valence-corrected chi connectivity index (χ3v) is 4.21. The number of Topliss-reactive ketones (excluding diaryl/α,β-unsaturated/α-hetero) is 1. The predicted molar refractivity (Wildman–Crippen MR) is 74.5 cm³/mol. The second-order valence-corrected chi connectivity index (χ2v) is 5.47. The lowest BCUT2D eigenvalue weighted by molar-refractivity contribution is -0.121. The second-order valence-electron chi connectivity index (χ2n) is 5.47. The van der Waals surface area contributed by atoms with E-state index in [1.807, 2.05) is 23.1 Å². The Balaban J connectivity index is 2.05. The largest absolute Gasteiger partial charge is 0.311 e. The van der Waals surface area contributed by atoms with Gasteiger partial charge in [0.2, 0.25) is 5.91 Å². The fourth-order valence-electron chi connectivity index (χ4n) is 3.22. The Kier molecular flexibility index (Phi) is 3.13. The Morgan fingerprint density at radius 2 is 2.16 bits per heavy atom. The molecule has 0 aromatic heterocycles. The van der Waals surface area contributed by atoms with Crippen molar-refractivity contribution in [2.24, 2.45) is 5.92 Å². The molecule has 0 N–H and O–H groups in total. The second kappa shape index (κ2) is 4.80. The van der Waals surface area contributed by atoms with Crippen LogP contribution < -0.4 is 4.90 Å². The highest BCUT2D eigenvalue weighted by molar-refractivity contribution is 6.22. The number of benzene rings is 1. The molecule has 3 rings (SSSR count). The van der Waals surface area contributed by atoms with Crippen molar-refractivity contribution in [3.05, 3.63) is 29.3 Å². The van der Waals surface area contributed by atoms with Gasteiger partial charge in [0.05, 0.1) is 5.69 Å². The zero-order chi connectivity index (χ0) is 13.4. The van der Waals surface area contributed by atoms with Crippen molar-refractivity contribution in [2.75, 3.05) is 11.4 Å². The van der Waals surface area contributed by atoms with Crippen molar-refractivity contribution < 1.29 is 9.59 Å². The van der Waals surface area contributed by atoms with Gasteiger partial charge < -0.3 is 4.90 Å². The van der Waals surface area contributed by atoms with E-state index in [0.29, 0.717) is 6.42 Å². The zero-order valence-corrected chi connectivity index (χ0v) is 11.3. The number of amides is 1. The van der Waals surface area contributed by atoms with Crippen LogP contribution in [0.2, 0.25) is 0 Å². The van der Waals surface area contributed by atoms with Crippen molar-refractivity contribution in [3.63, 3.8) is 0 Å². The molecule has 1 aromatic rings. The first-order valence-corrected chi connectivity index (χ1v) is 7.21. The fourth-order valence-corrected chi connectivity index (χ4v) is 3.22. The molecule has 0 aliphatic carbocycles. The maximum absolute atomic E-state index is 12.5. The van der Waals surface area contributed by atoms with E-state index in [-0.39, 0.29) is 11.7 Å². The summed E-state index contributed by atoms with van der Waals surface area (Å²) in [5.74, 6) is -0.382. The van der Waals surface area contributed by atoms with Crippen LogP contribution in [-0.2, 0) is 11.2 Å². The molecular formula is C16H19NO2. The number of anilines is 1. The minimum absolute atomic E-state index is 0.0260. The van der Waals surface area contributed by atoms with Crippen molar-refractivity contribution >= 4 is 17.4 Å². The van der Waals surface area contributed by atoms with Gasteiger partial charge >= 0.3 is 0 Å². The summed E-state index contributed by atoms with van der Waals surface area (Å²) in [6.45, 7) is 2.85. The van der Waals surface area contributed by atoms with Crippen LogP contribution in [0.25, 0.3) is 0 Å². The standard InChI is InChI=1S/C16H19NO2/c1-2-3-8-13-15(18)12-9-4-6-11-7-5-10-17(14(11)12)16(13)19/h4,6,9,13H,2-3,5,7-8,10H2,1H3. The monoisotopic (exact) mass is 257 g/mol. The summed E-state index contributed by atoms with van der Waals surface area (Å²) < 4.78 is 0. The molecule has 0 fully saturated rings. The van der Waals surface area contributed by atoms with E-state index in [0.717, 1.165) is 49.0 Å². The van der Waals surface area contributed by atoms with Gasteiger partial charge in [-0.05, 0) is 30.9 Å². The van der Waals surface area contributed by atoms with Crippen molar-refractivity contribution in [3.8, 4) is 0 Å². The third kappa shape index (κ3) is 1.88. The number of para-hydroxylation sites is 1. The molecule has 19 heavy (non-hydrogen) atoms. The Morgan fingerprint density at radius 1 is 1.32 bits per heavy atom. The molecule has 0 saturated heterocycles. The van der Waals surface area contributed by atoms with Crippen LogP contribution in [-0.4, -0.2) is 18.2 Å². The normalized spacial score (nSPS) is 21.5. The van der Waals surface area contributed by atoms with Crippen molar-refractivity contribution in [1.82, 2.24) is 0 Å². The summed E-state index contributed by atoms with van der Waals surface area (Å²) in [7, 11) is 0. The molecule has 2 aliphatic rings. The summed E-state index contributed by atoms with van der Waals surface area (Å²) in [6.07, 6.45) is 4.61. The van der Waals surface area contributed by atoms with E-state index in [4.69, 9.17) is 0 Å². The Morgan fingerprint density at radius 3 is 2.95 bits per heavy atom. The molecule has 100 valence electrons. The lowest BCUT2D eigenvalue weighted by Crippen LogP contribution is -2.47. The van der Waals surface area contributed by atoms with Gasteiger partial charge in [-0.1, -0.05) is 31.9 Å². The number of hydrogen-bond acceptors (Lipinski definition) is 2. The van der Waals surface area contributed by atoms with E-state index in [2.05, 4.69) is 6.92 Å². The van der Waals surface area contributed by atoms with Crippen LogP contribution in [0.1, 0.15) is 48.5 Å². The Bertz CT molecular complexity index is 536. The number of ketones is 1. The molecule has 1 aromatic carbocycles. The average molecular weight is 257 g/mol. The summed E-state index contributed by atoms with van der Waals surface area (Å²) >= 11 is 0. The molecule has 3 nitrogen and oxygen atoms in total. The smallest absolute Gasteiger partial charge is 0.237 e. The summed E-state index contributed by atoms with van der Waals surface area (Å²) in [5.41, 5.74) is 2.81. The highest BCUT2D eigenvalue weighted by atomic mass is 16.2. The first-order valence-electron chi connectivity index (χ1n) is 7.21. The van der Waals surface area contributed by atoms with E-state index < -0.39 is 5.92 Å². The van der Waals surface area contributed by atoms with Gasteiger partial charge in [0.15, 0.2) is 5.78 Å². The summed E-state index contributed by atoms with van der Waals surface area (Å²) in [6, 6.07) is 5.87. The van der Waals surface area contributed by atoms with E-state index >= 15 is 0 Å². The molecule has 1 unspecified atom stereocenters. The predicted octanol–water partition coefficient (Wildman–Crippen LogP) is 2.97. The van der Waals surface area contributed by atoms with Gasteiger partial charge in [0, 0.05) is 12.1 Å². The molecule has 0 bridgehead atoms. The first-order chi connectivity index (χ1) is 9.24. The van der Waals surface area contributed by atoms with Crippen LogP contribution in [0.3, 0.4) is 0 Å². The van der Waals surface area contributed by atoms with Gasteiger partial charge in [-0.3, -0.25) is 9.59 Å². The molecule has 1 amide bonds. The molecule has 3 heteroatoms. The minimum atomic E-state index is -0.444. The van der Waals surface area contributed by atoms with Gasteiger partial charge in [-0.2, -0.15) is 0 Å². The molecule has 0 spiro atoms. The molecule has 1 atom stereocenters. The summed E-state index contributed by atoms with van der Waals surface area (Å²) in [5, 5.41) is 0. The number of hydrogen-bond donors (Lipinski definition) is 0. The number of nitrogens with zero attached hydrogens (tertiary/aromatic N) is 1. The van der Waals surface area contributed by atoms with E-state index in [9.17, 15) is 9.59 Å². The SMILES string of the molecule is CCCCC1C(=O)c2cccc3c2N(CCC3)C1=O. The maximum atomic E-state index is 12.5. The number of aryl methyl sites for hydroxylation is 1. The molecule has 0 saturated carbocycles. The number of carbonyl (C=O) groups is 2. The molecular weight excluding hydrogens is 238 g/mol. The lowest BCUT2D eigenvalue weighted by Gasteiger charge is -2.37. The Labute approximate surface area is 113 Å². The van der Waals surface area contributed by atoms with E-state index in [1.165, 1.54) is 0 Å². The quantitative estimate of drug-likeness (QED) is 0.781. The van der Waals surface area contributed by atoms with Crippen LogP contribution in [0.4, 0.5) is 5.69 Å². The van der Waals surface area contributed by atoms with Crippen LogP contribution in [0, 0.1) is 5.92 Å². The van der Waals surface area contributed by atoms with Gasteiger partial charge in [-0.25, -0.2) is 0 Å². The van der Waals surface area contributed by atoms with Gasteiger partial charge in [0.1, 0.15) is 5.92 Å². The van der Waals surface area contributed by atoms with Gasteiger partial charge in [-0.15, -0.1) is 0 Å². The van der Waals surface area contributed by atoms with Crippen LogP contribution in [0.5, 0.6) is 0 Å². The number of carbonyl (C=O) groups excluding carboxylic acids is 2. The minimum Gasteiger partial charge on any atom is -0.311 e. The number of unbranched alkanes of at least 4 members (excludes halogenated alkanes) is 1. The highest BCUT2D eigenvalue weighted by Gasteiger charge is 2.40. The molecule has 0 radical (unpaired) electrons. The molecule has 2 heterocycles. The summed E-state index contributed by atoms with van der Waals surface area (Å²) in [4.78, 5) is 26.9. The third-order valence-electron chi connectivity index (χ3n) is 4.21. The van der Waals surface area contributed by atoms with E-state index in [1.54, 1.807) is 0 Å². The van der Waals surface area contributed by atoms with Crippen LogP contribution in [0.15, 0.2) is 18.2 Å². The van der Waals surface area contributed by atoms with Crippen LogP contribution >= 0.6 is 0 Å². The maximum Gasteiger partial charge on any atom is 0.237 e. The zero-order valence-electron chi connectivity index (χ0n) is 11.3. The van der Waals surface area contributed by atoms with Crippen molar-refractivity contribution in [1.29, 1.82) is 0 Å². The van der Waals surface area contributed by atoms with Gasteiger partial charge in [0.25, 0.3) is 0 Å². The topological polar surface area (TPSA) is 37.4 Å². The first kappa shape index (κ1) is 12.4. The lowest BCUT2D eigenvalue weighted by atomic mass is 9.83. The number of rotatable bonds is 3. The average Bonchev–Trinajstić information content (AvgIpc) is 2.44. The van der Waals surface area contributed by atoms with Crippen molar-refractivity contribution in [2.45, 2.75) is 39.0 Å². The fraction of sp³-hybridized carbons (Fsp3) is 0.500. The molecule has 2 aliphatic heterocycles. The Hall–Kier alpha value is -1.64.